The van der Waals surface area contributed by atoms with Crippen LogP contribution in [-0.4, -0.2) is 85.7 Å². The molecule has 1 fully saturated rings. The van der Waals surface area contributed by atoms with Gasteiger partial charge in [-0.1, -0.05) is 189 Å². The average Bonchev–Trinajstić information content (AvgIpc) is 2.07. The van der Waals surface area contributed by atoms with E-state index in [2.05, 4.69) is 0 Å². The Morgan fingerprint density at radius 1 is 0.321 bits per heavy atom. The molecule has 0 aliphatic heterocycles. The van der Waals surface area contributed by atoms with Crippen LogP contribution in [0.1, 0.15) is 176 Å². The zero-order valence-corrected chi connectivity index (χ0v) is 45.6. The number of benzene rings is 6. The fraction of sp³-hybridized carbons (Fsp3) is 0.364. The van der Waals surface area contributed by atoms with Crippen LogP contribution in [-0.2, 0) is 52.7 Å². The van der Waals surface area contributed by atoms with E-state index in [1.807, 2.05) is 41.5 Å². The van der Waals surface area contributed by atoms with E-state index in [4.69, 9.17) is 14.2 Å². The van der Waals surface area contributed by atoms with Gasteiger partial charge in [-0.05, 0) is 108 Å². The van der Waals surface area contributed by atoms with Gasteiger partial charge in [0.2, 0.25) is 17.3 Å². The van der Waals surface area contributed by atoms with Gasteiger partial charge in [0.05, 0.1) is 16.7 Å². The number of rotatable bonds is 24. The van der Waals surface area contributed by atoms with Crippen molar-refractivity contribution in [2.24, 2.45) is 0 Å². The third-order valence-corrected chi connectivity index (χ3v) is 14.7. The van der Waals surface area contributed by atoms with E-state index >= 15 is 28.8 Å². The van der Waals surface area contributed by atoms with Crippen molar-refractivity contribution in [1.29, 1.82) is 0 Å². The summed E-state index contributed by atoms with van der Waals surface area (Å²) in [5.74, 6) is -8.58. The number of carbonyl (C=O) groups is 6. The van der Waals surface area contributed by atoms with E-state index in [9.17, 15) is 15.3 Å². The van der Waals surface area contributed by atoms with Gasteiger partial charge in [0.15, 0.2) is 0 Å². The van der Waals surface area contributed by atoms with E-state index < -0.39 is 70.4 Å². The van der Waals surface area contributed by atoms with Gasteiger partial charge in [-0.15, -0.1) is 0 Å². The van der Waals surface area contributed by atoms with Crippen molar-refractivity contribution in [2.75, 3.05) is 0 Å². The second kappa shape index (κ2) is 25.8. The minimum absolute atomic E-state index is 0.219. The molecule has 0 spiro atoms. The molecule has 0 bridgehead atoms. The molecule has 2 unspecified atom stereocenters. The van der Waals surface area contributed by atoms with Crippen molar-refractivity contribution >= 4 is 35.3 Å². The van der Waals surface area contributed by atoms with Crippen LogP contribution >= 0.6 is 0 Å². The number of aliphatic hydroxyl groups is 3. The molecule has 0 heterocycles. The van der Waals surface area contributed by atoms with E-state index in [1.54, 1.807) is 72.8 Å². The van der Waals surface area contributed by atoms with E-state index in [0.717, 1.165) is 65.5 Å². The molecule has 6 aromatic carbocycles. The highest BCUT2D eigenvalue weighted by Gasteiger charge is 2.88. The van der Waals surface area contributed by atoms with Gasteiger partial charge in [-0.25, -0.2) is 14.4 Å². The van der Waals surface area contributed by atoms with Gasteiger partial charge >= 0.3 is 17.9 Å². The predicted octanol–water partition coefficient (Wildman–Crippen LogP) is 11.2. The van der Waals surface area contributed by atoms with Crippen LogP contribution in [0.3, 0.4) is 0 Å². The highest BCUT2D eigenvalue weighted by Crippen LogP contribution is 2.56. The summed E-state index contributed by atoms with van der Waals surface area (Å²) in [4.78, 5) is 97.0. The van der Waals surface area contributed by atoms with E-state index in [0.29, 0.717) is 44.9 Å². The van der Waals surface area contributed by atoms with Crippen LogP contribution in [0, 0.1) is 0 Å². The lowest BCUT2D eigenvalue weighted by molar-refractivity contribution is -0.293. The normalized spacial score (nSPS) is 20.8. The number of ketones is 3. The Labute approximate surface area is 457 Å². The minimum atomic E-state index is -3.99. The maximum Gasteiger partial charge on any atom is 0.339 e. The Hall–Kier alpha value is -7.38. The summed E-state index contributed by atoms with van der Waals surface area (Å²) >= 11 is 0. The number of hydrogen-bond donors (Lipinski definition) is 3. The maximum absolute atomic E-state index is 17.1. The highest BCUT2D eigenvalue weighted by molar-refractivity contribution is 6.21. The van der Waals surface area contributed by atoms with Crippen molar-refractivity contribution in [3.05, 3.63) is 212 Å². The summed E-state index contributed by atoms with van der Waals surface area (Å²) in [6, 6.07) is 36.1. The Morgan fingerprint density at radius 3 is 0.756 bits per heavy atom. The largest absolute Gasteiger partial charge is 0.439 e. The van der Waals surface area contributed by atoms with E-state index in [1.165, 1.54) is 72.8 Å². The molecule has 12 heteroatoms. The lowest BCUT2D eigenvalue weighted by Gasteiger charge is -2.60. The number of hydrogen-bond acceptors (Lipinski definition) is 12. The predicted molar refractivity (Wildman–Crippen MR) is 298 cm³/mol. The molecule has 3 N–H and O–H groups in total. The van der Waals surface area contributed by atoms with Crippen LogP contribution in [0.15, 0.2) is 146 Å². The quantitative estimate of drug-likeness (QED) is 0.0296. The molecule has 1 saturated carbocycles. The van der Waals surface area contributed by atoms with Crippen LogP contribution in [0.4, 0.5) is 0 Å². The lowest BCUT2D eigenvalue weighted by Crippen LogP contribution is -2.91. The number of ether oxygens (including phenoxy) is 3. The third kappa shape index (κ3) is 11.4. The number of Topliss-reactive ketones (excluding diaryl/α,β-unsaturated/α-hetero) is 3. The topological polar surface area (TPSA) is 191 Å². The summed E-state index contributed by atoms with van der Waals surface area (Å²) in [5.41, 5.74) is -8.60. The number of carbonyl (C=O) groups excluding carboxylic acids is 6. The molecule has 6 aromatic rings. The second-order valence-corrected chi connectivity index (χ2v) is 20.4. The molecule has 6 atom stereocenters. The van der Waals surface area contributed by atoms with E-state index in [-0.39, 0.29) is 33.4 Å². The zero-order valence-electron chi connectivity index (χ0n) is 45.6. The minimum Gasteiger partial charge on any atom is -0.439 e. The van der Waals surface area contributed by atoms with Crippen molar-refractivity contribution in [3.63, 3.8) is 0 Å². The molecular weight excluding hydrogens is 985 g/mol. The molecule has 12 nitrogen and oxygen atoms in total. The van der Waals surface area contributed by atoms with Crippen molar-refractivity contribution in [3.8, 4) is 0 Å². The Morgan fingerprint density at radius 2 is 0.526 bits per heavy atom. The zero-order chi connectivity index (χ0) is 56.2. The molecule has 408 valence electrons. The molecule has 0 amide bonds. The van der Waals surface area contributed by atoms with Gasteiger partial charge in [-0.3, -0.25) is 14.4 Å². The molecule has 7 rings (SSSR count). The molecule has 1 aliphatic rings. The van der Waals surface area contributed by atoms with Crippen LogP contribution in [0.25, 0.3) is 0 Å². The van der Waals surface area contributed by atoms with Gasteiger partial charge in [-0.2, -0.15) is 0 Å². The number of aryl methyl sites for hydroxylation is 6. The Bertz CT molecular complexity index is 2890. The first-order valence-electron chi connectivity index (χ1n) is 27.5. The Kier molecular flexibility index (Phi) is 19.3. The molecular formula is C66H72O12. The van der Waals surface area contributed by atoms with Crippen LogP contribution in [0.5, 0.6) is 0 Å². The average molecular weight is 1060 g/mol. The van der Waals surface area contributed by atoms with Gasteiger partial charge < -0.3 is 29.5 Å². The second-order valence-electron chi connectivity index (χ2n) is 20.4. The number of esters is 3. The van der Waals surface area contributed by atoms with Gasteiger partial charge in [0.25, 0.3) is 16.8 Å². The van der Waals surface area contributed by atoms with Crippen molar-refractivity contribution in [1.82, 2.24) is 0 Å². The molecule has 1 aliphatic carbocycles. The first-order chi connectivity index (χ1) is 37.6. The molecule has 78 heavy (non-hydrogen) atoms. The SMILES string of the molecule is CCCc1ccc(C(=O)OC2(C(=O)c3ccc(CCC)cc3)[C@@](OC(=O)c3ccc(CCC)cc3)(C(=O)c3ccc(CCC)cc3)[C@@H](O)C(O)[C@@H](O)[C@@]2(OC(=O)c2ccc(CCC)cc2)C(=O)c2ccc(CCC)cc2)cc1. The maximum atomic E-state index is 17.1. The van der Waals surface area contributed by atoms with Gasteiger partial charge in [0, 0.05) is 16.7 Å². The highest BCUT2D eigenvalue weighted by atomic mass is 16.7. The molecule has 0 radical (unpaired) electrons. The molecule has 0 saturated heterocycles. The Balaban J connectivity index is 1.70. The van der Waals surface area contributed by atoms with Crippen molar-refractivity contribution < 1.29 is 58.3 Å². The first-order valence-corrected chi connectivity index (χ1v) is 27.5. The fourth-order valence-electron chi connectivity index (χ4n) is 10.7. The molecule has 0 aromatic heterocycles. The first kappa shape index (κ1) is 58.3. The standard InChI is InChI=1S/C66H72O12/c1-7-13-43-19-31-49(32-20-43)56(68)64(76-61(73)52-37-25-46(16-10-4)26-38-52)59(71)55(67)60(72)65(57(69)50-33-21-44(14-8-2)22-34-50,77-62(74)53-39-27-47(17-11-5)28-40-53)66(64,58(70)51-35-23-45(15-9-3)24-36-51)78-63(75)54-41-29-48(18-12-6)30-42-54/h19-42,55,59-60,67,71-72H,7-18H2,1-6H3/t55?,59-,60+,64+,65-,66?. The van der Waals surface area contributed by atoms with Crippen molar-refractivity contribution in [2.45, 2.75) is 154 Å². The van der Waals surface area contributed by atoms with Crippen LogP contribution in [0.2, 0.25) is 0 Å². The fourth-order valence-corrected chi connectivity index (χ4v) is 10.7. The smallest absolute Gasteiger partial charge is 0.339 e. The number of aliphatic hydroxyl groups excluding tert-OH is 3. The van der Waals surface area contributed by atoms with Crippen LogP contribution < -0.4 is 0 Å². The summed E-state index contributed by atoms with van der Waals surface area (Å²) in [6.45, 7) is 11.8. The lowest BCUT2D eigenvalue weighted by atomic mass is 9.52. The monoisotopic (exact) mass is 1060 g/mol. The third-order valence-electron chi connectivity index (χ3n) is 14.7. The van der Waals surface area contributed by atoms with Gasteiger partial charge in [0.1, 0.15) is 18.3 Å². The summed E-state index contributed by atoms with van der Waals surface area (Å²) in [6.07, 6.45) is -0.619. The summed E-state index contributed by atoms with van der Waals surface area (Å²) in [7, 11) is 0. The summed E-state index contributed by atoms with van der Waals surface area (Å²) in [5, 5.41) is 39.3. The summed E-state index contributed by atoms with van der Waals surface area (Å²) < 4.78 is 19.9.